The molecule has 1 aromatic heterocycles. The summed E-state index contributed by atoms with van der Waals surface area (Å²) in [5.41, 5.74) is 1.95. The maximum Gasteiger partial charge on any atom is 0.374 e. The predicted octanol–water partition coefficient (Wildman–Crippen LogP) is 4.00. The van der Waals surface area contributed by atoms with Gasteiger partial charge in [0, 0.05) is 42.9 Å². The molecule has 1 saturated heterocycles. The van der Waals surface area contributed by atoms with E-state index in [2.05, 4.69) is 0 Å². The second kappa shape index (κ2) is 10.6. The first-order valence-corrected chi connectivity index (χ1v) is 11.4. The molecule has 0 radical (unpaired) electrons. The number of anilines is 1. The van der Waals surface area contributed by atoms with Gasteiger partial charge in [0.15, 0.2) is 18.2 Å². The van der Waals surface area contributed by atoms with E-state index in [9.17, 15) is 23.6 Å². The van der Waals surface area contributed by atoms with Crippen LogP contribution in [0.4, 0.5) is 10.1 Å². The number of benzene rings is 2. The molecular weight excluding hydrogens is 467 g/mol. The highest BCUT2D eigenvalue weighted by Gasteiger charge is 2.24. The Bertz CT molecular complexity index is 1310. The number of amides is 1. The van der Waals surface area contributed by atoms with Crippen molar-refractivity contribution in [1.82, 2.24) is 4.90 Å². The Kier molecular flexibility index (Phi) is 7.28. The molecule has 36 heavy (non-hydrogen) atoms. The molecule has 0 N–H and O–H groups in total. The zero-order valence-electron chi connectivity index (χ0n) is 20.0. The minimum absolute atomic E-state index is 0.0391. The van der Waals surface area contributed by atoms with Gasteiger partial charge in [-0.1, -0.05) is 24.3 Å². The molecule has 0 aliphatic carbocycles. The van der Waals surface area contributed by atoms with Gasteiger partial charge < -0.3 is 19.0 Å². The van der Waals surface area contributed by atoms with Crippen molar-refractivity contribution in [3.63, 3.8) is 0 Å². The van der Waals surface area contributed by atoms with E-state index in [1.165, 1.54) is 26.0 Å². The molecule has 0 atom stereocenters. The molecule has 8 nitrogen and oxygen atoms in total. The molecule has 1 aliphatic heterocycles. The first-order valence-electron chi connectivity index (χ1n) is 11.4. The molecule has 186 valence electrons. The molecule has 0 saturated carbocycles. The average Bonchev–Trinajstić information content (AvgIpc) is 3.38. The molecule has 3 aromatic rings. The van der Waals surface area contributed by atoms with Crippen LogP contribution in [0.2, 0.25) is 0 Å². The molecule has 9 heteroatoms. The number of ketones is 2. The zero-order valence-corrected chi connectivity index (χ0v) is 20.0. The summed E-state index contributed by atoms with van der Waals surface area (Å²) >= 11 is 0. The average molecular weight is 493 g/mol. The summed E-state index contributed by atoms with van der Waals surface area (Å²) in [4.78, 5) is 51.1. The van der Waals surface area contributed by atoms with E-state index in [0.29, 0.717) is 54.3 Å². The second-order valence-corrected chi connectivity index (χ2v) is 8.46. The number of ether oxygens (including phenoxy) is 1. The summed E-state index contributed by atoms with van der Waals surface area (Å²) < 4.78 is 25.1. The molecular formula is C27H25FN2O6. The molecule has 1 amide bonds. The number of hydrogen-bond acceptors (Lipinski definition) is 7. The highest BCUT2D eigenvalue weighted by atomic mass is 19.1. The van der Waals surface area contributed by atoms with Crippen molar-refractivity contribution in [2.45, 2.75) is 13.8 Å². The van der Waals surface area contributed by atoms with Crippen LogP contribution in [-0.2, 0) is 9.53 Å². The largest absolute Gasteiger partial charge is 0.450 e. The number of carbonyl (C=O) groups excluding carboxylic acids is 4. The highest BCUT2D eigenvalue weighted by molar-refractivity contribution is 5.95. The number of rotatable bonds is 7. The topological polar surface area (TPSA) is 97.1 Å². The number of carbonyl (C=O) groups is 4. The summed E-state index contributed by atoms with van der Waals surface area (Å²) in [6.45, 7) is 3.90. The number of furan rings is 1. The van der Waals surface area contributed by atoms with Gasteiger partial charge in [0.2, 0.25) is 5.76 Å². The minimum atomic E-state index is -0.763. The Labute approximate surface area is 207 Å². The lowest BCUT2D eigenvalue weighted by Gasteiger charge is -2.36. The Morgan fingerprint density at radius 1 is 0.861 bits per heavy atom. The van der Waals surface area contributed by atoms with Crippen LogP contribution in [0, 0.1) is 5.82 Å². The van der Waals surface area contributed by atoms with Crippen LogP contribution in [0.15, 0.2) is 59.0 Å². The number of piperazine rings is 1. The van der Waals surface area contributed by atoms with Crippen LogP contribution in [-0.4, -0.2) is 61.1 Å². The van der Waals surface area contributed by atoms with Gasteiger partial charge in [0.05, 0.1) is 5.69 Å². The summed E-state index contributed by atoms with van der Waals surface area (Å²) in [5, 5.41) is 0. The normalized spacial score (nSPS) is 13.4. The molecule has 2 aromatic carbocycles. The van der Waals surface area contributed by atoms with Crippen LogP contribution in [0.3, 0.4) is 0 Å². The van der Waals surface area contributed by atoms with Crippen molar-refractivity contribution in [3.8, 4) is 11.3 Å². The number of nitrogens with zero attached hydrogens (tertiary/aromatic N) is 2. The standard InChI is InChI=1S/C27H25FN2O6/c1-17(31)19-3-5-20(6-4-19)24-9-10-25(36-24)27(34)35-16-26(33)30-13-11-29(12-14-30)23-8-7-21(18(2)32)15-22(23)28/h3-10,15H,11-14,16H2,1-2H3. The molecule has 2 heterocycles. The van der Waals surface area contributed by atoms with Crippen LogP contribution in [0.5, 0.6) is 0 Å². The molecule has 1 fully saturated rings. The summed E-state index contributed by atoms with van der Waals surface area (Å²) in [6, 6.07) is 14.2. The molecule has 0 bridgehead atoms. The lowest BCUT2D eigenvalue weighted by molar-refractivity contribution is -0.134. The van der Waals surface area contributed by atoms with E-state index in [1.54, 1.807) is 47.4 Å². The maximum absolute atomic E-state index is 14.4. The lowest BCUT2D eigenvalue weighted by atomic mass is 10.1. The van der Waals surface area contributed by atoms with Gasteiger partial charge in [-0.25, -0.2) is 9.18 Å². The maximum atomic E-state index is 14.4. The van der Waals surface area contributed by atoms with E-state index in [4.69, 9.17) is 9.15 Å². The van der Waals surface area contributed by atoms with Crippen molar-refractivity contribution < 1.29 is 32.7 Å². The van der Waals surface area contributed by atoms with Crippen molar-refractivity contribution in [2.24, 2.45) is 0 Å². The smallest absolute Gasteiger partial charge is 0.374 e. The third kappa shape index (κ3) is 5.51. The van der Waals surface area contributed by atoms with E-state index in [1.807, 2.05) is 4.90 Å². The summed E-state index contributed by atoms with van der Waals surface area (Å²) in [5.74, 6) is -1.47. The highest BCUT2D eigenvalue weighted by Crippen LogP contribution is 2.24. The van der Waals surface area contributed by atoms with Crippen LogP contribution < -0.4 is 4.90 Å². The number of hydrogen-bond donors (Lipinski definition) is 0. The van der Waals surface area contributed by atoms with Crippen LogP contribution >= 0.6 is 0 Å². The van der Waals surface area contributed by atoms with E-state index in [0.717, 1.165) is 0 Å². The molecule has 1 aliphatic rings. The Hall–Kier alpha value is -4.27. The monoisotopic (exact) mass is 492 g/mol. The second-order valence-electron chi connectivity index (χ2n) is 8.46. The van der Waals surface area contributed by atoms with Gasteiger partial charge in [-0.3, -0.25) is 14.4 Å². The third-order valence-corrected chi connectivity index (χ3v) is 6.04. The first kappa shape index (κ1) is 24.8. The van der Waals surface area contributed by atoms with Gasteiger partial charge >= 0.3 is 5.97 Å². The molecule has 0 unspecified atom stereocenters. The molecule has 4 rings (SSSR count). The minimum Gasteiger partial charge on any atom is -0.450 e. The number of Topliss-reactive ketones (excluding diaryl/α,β-unsaturated/α-hetero) is 2. The van der Waals surface area contributed by atoms with Crippen molar-refractivity contribution in [2.75, 3.05) is 37.7 Å². The third-order valence-electron chi connectivity index (χ3n) is 6.04. The zero-order chi connectivity index (χ0) is 25.8. The van der Waals surface area contributed by atoms with Crippen LogP contribution in [0.25, 0.3) is 11.3 Å². The van der Waals surface area contributed by atoms with E-state index >= 15 is 0 Å². The van der Waals surface area contributed by atoms with E-state index in [-0.39, 0.29) is 23.2 Å². The summed E-state index contributed by atoms with van der Waals surface area (Å²) in [7, 11) is 0. The van der Waals surface area contributed by atoms with Gasteiger partial charge in [-0.05, 0) is 44.2 Å². The van der Waals surface area contributed by atoms with Gasteiger partial charge in [0.25, 0.3) is 5.91 Å². The fraction of sp³-hybridized carbons (Fsp3) is 0.259. The number of esters is 1. The quantitative estimate of drug-likeness (QED) is 0.363. The van der Waals surface area contributed by atoms with Crippen molar-refractivity contribution >= 4 is 29.1 Å². The molecule has 0 spiro atoms. The summed E-state index contributed by atoms with van der Waals surface area (Å²) in [6.07, 6.45) is 0. The van der Waals surface area contributed by atoms with Crippen molar-refractivity contribution in [1.29, 1.82) is 0 Å². The van der Waals surface area contributed by atoms with Gasteiger partial charge in [-0.15, -0.1) is 0 Å². The Balaban J connectivity index is 1.28. The Morgan fingerprint density at radius 3 is 2.11 bits per heavy atom. The van der Waals surface area contributed by atoms with Crippen LogP contribution in [0.1, 0.15) is 45.1 Å². The fourth-order valence-electron chi connectivity index (χ4n) is 3.94. The number of halogens is 1. The predicted molar refractivity (Wildman–Crippen MR) is 130 cm³/mol. The van der Waals surface area contributed by atoms with Crippen molar-refractivity contribution in [3.05, 3.63) is 77.3 Å². The Morgan fingerprint density at radius 2 is 1.50 bits per heavy atom. The van der Waals surface area contributed by atoms with Gasteiger partial charge in [0.1, 0.15) is 11.6 Å². The fourth-order valence-corrected chi connectivity index (χ4v) is 3.94. The first-order chi connectivity index (χ1) is 17.2. The van der Waals surface area contributed by atoms with E-state index < -0.39 is 18.4 Å². The lowest BCUT2D eigenvalue weighted by Crippen LogP contribution is -2.50. The van der Waals surface area contributed by atoms with Gasteiger partial charge in [-0.2, -0.15) is 0 Å². The SMILES string of the molecule is CC(=O)c1ccc(-c2ccc(C(=O)OCC(=O)N3CCN(c4ccc(C(C)=O)cc4F)CC3)o2)cc1.